The molecule has 0 aliphatic carbocycles. The van der Waals surface area contributed by atoms with E-state index in [2.05, 4.69) is 33.5 Å². The Bertz CT molecular complexity index is 466. The van der Waals surface area contributed by atoms with Crippen LogP contribution in [0, 0.1) is 12.8 Å². The Hall–Kier alpha value is -0.750. The van der Waals surface area contributed by atoms with Crippen LogP contribution in [0.15, 0.2) is 10.5 Å². The molecule has 2 N–H and O–H groups in total. The minimum absolute atomic E-state index is 0.0740. The van der Waals surface area contributed by atoms with Crippen LogP contribution in [0.3, 0.4) is 0 Å². The van der Waals surface area contributed by atoms with Crippen LogP contribution in [0.2, 0.25) is 0 Å². The molecule has 1 fully saturated rings. The van der Waals surface area contributed by atoms with Crippen LogP contribution in [0.1, 0.15) is 12.1 Å². The van der Waals surface area contributed by atoms with Crippen molar-refractivity contribution in [2.75, 3.05) is 22.9 Å². The molecule has 1 aromatic heterocycles. The number of carbonyl (C=O) groups is 1. The number of nitrogens with two attached hydrogens (primary N) is 1. The van der Waals surface area contributed by atoms with Crippen LogP contribution in [-0.2, 0) is 4.79 Å². The third kappa shape index (κ3) is 2.42. The van der Waals surface area contributed by atoms with Crippen molar-refractivity contribution in [1.82, 2.24) is 4.98 Å². The van der Waals surface area contributed by atoms with Crippen molar-refractivity contribution in [2.45, 2.75) is 13.3 Å². The Balaban J connectivity index is 2.35. The standard InChI is InChI=1S/C11H14BrN3OS/c1-6-8(12)3-9(13)11(14-6)15-4-7(5-17)2-10(15)16/h3,7,17H,2,4-5,13H2,1H3. The summed E-state index contributed by atoms with van der Waals surface area (Å²) in [6.07, 6.45) is 0.528. The molecular formula is C11H14BrN3OS. The van der Waals surface area contributed by atoms with Crippen molar-refractivity contribution in [1.29, 1.82) is 0 Å². The summed E-state index contributed by atoms with van der Waals surface area (Å²) >= 11 is 7.61. The highest BCUT2D eigenvalue weighted by molar-refractivity contribution is 9.10. The lowest BCUT2D eigenvalue weighted by Crippen LogP contribution is -2.27. The zero-order valence-electron chi connectivity index (χ0n) is 9.48. The van der Waals surface area contributed by atoms with Gasteiger partial charge in [-0.05, 0) is 40.6 Å². The maximum atomic E-state index is 11.9. The first-order chi connectivity index (χ1) is 8.02. The number of aromatic nitrogens is 1. The Morgan fingerprint density at radius 2 is 2.41 bits per heavy atom. The molecule has 2 rings (SSSR count). The predicted octanol–water partition coefficient (Wildman–Crippen LogP) is 2.02. The summed E-state index contributed by atoms with van der Waals surface area (Å²) in [4.78, 5) is 17.9. The van der Waals surface area contributed by atoms with Gasteiger partial charge >= 0.3 is 0 Å². The summed E-state index contributed by atoms with van der Waals surface area (Å²) in [6, 6.07) is 1.79. The van der Waals surface area contributed by atoms with E-state index in [1.807, 2.05) is 6.92 Å². The van der Waals surface area contributed by atoms with Crippen molar-refractivity contribution in [3.63, 3.8) is 0 Å². The summed E-state index contributed by atoms with van der Waals surface area (Å²) in [7, 11) is 0. The molecule has 17 heavy (non-hydrogen) atoms. The van der Waals surface area contributed by atoms with Crippen LogP contribution in [-0.4, -0.2) is 23.2 Å². The van der Waals surface area contributed by atoms with Crippen molar-refractivity contribution < 1.29 is 4.79 Å². The van der Waals surface area contributed by atoms with E-state index in [4.69, 9.17) is 5.73 Å². The van der Waals surface area contributed by atoms with Crippen molar-refractivity contribution in [2.24, 2.45) is 5.92 Å². The zero-order chi connectivity index (χ0) is 12.6. The lowest BCUT2D eigenvalue weighted by molar-refractivity contribution is -0.117. The van der Waals surface area contributed by atoms with Gasteiger partial charge in [0.05, 0.1) is 11.4 Å². The number of carbonyl (C=O) groups excluding carboxylic acids is 1. The molecule has 0 saturated carbocycles. The number of hydrogen-bond acceptors (Lipinski definition) is 4. The summed E-state index contributed by atoms with van der Waals surface area (Å²) in [5.74, 6) is 1.64. The molecule has 1 atom stereocenters. The molecule has 0 bridgehead atoms. The van der Waals surface area contributed by atoms with Gasteiger partial charge in [0, 0.05) is 17.4 Å². The molecule has 0 radical (unpaired) electrons. The van der Waals surface area contributed by atoms with Gasteiger partial charge in [-0.25, -0.2) is 4.98 Å². The quantitative estimate of drug-likeness (QED) is 0.821. The molecule has 1 aromatic rings. The molecule has 1 aliphatic rings. The normalized spacial score (nSPS) is 20.1. The number of aryl methyl sites for hydroxylation is 1. The minimum Gasteiger partial charge on any atom is -0.396 e. The summed E-state index contributed by atoms with van der Waals surface area (Å²) < 4.78 is 0.858. The van der Waals surface area contributed by atoms with E-state index in [1.165, 1.54) is 0 Å². The molecule has 0 aromatic carbocycles. The van der Waals surface area contributed by atoms with Crippen LogP contribution in [0.25, 0.3) is 0 Å². The summed E-state index contributed by atoms with van der Waals surface area (Å²) in [5.41, 5.74) is 7.27. The lowest BCUT2D eigenvalue weighted by Gasteiger charge is -2.18. The van der Waals surface area contributed by atoms with E-state index in [0.29, 0.717) is 30.2 Å². The van der Waals surface area contributed by atoms with Gasteiger partial charge in [0.2, 0.25) is 5.91 Å². The molecule has 6 heteroatoms. The second kappa shape index (κ2) is 4.86. The maximum Gasteiger partial charge on any atom is 0.228 e. The summed E-state index contributed by atoms with van der Waals surface area (Å²) in [6.45, 7) is 2.53. The monoisotopic (exact) mass is 315 g/mol. The van der Waals surface area contributed by atoms with E-state index in [9.17, 15) is 4.79 Å². The number of amides is 1. The van der Waals surface area contributed by atoms with Gasteiger partial charge in [-0.1, -0.05) is 0 Å². The van der Waals surface area contributed by atoms with Gasteiger partial charge in [-0.15, -0.1) is 0 Å². The average molecular weight is 316 g/mol. The number of rotatable bonds is 2. The molecule has 4 nitrogen and oxygen atoms in total. The van der Waals surface area contributed by atoms with Gasteiger partial charge in [0.25, 0.3) is 0 Å². The molecular weight excluding hydrogens is 302 g/mol. The number of thiol groups is 1. The first-order valence-corrected chi connectivity index (χ1v) is 6.79. The molecule has 1 amide bonds. The Morgan fingerprint density at radius 3 is 3.00 bits per heavy atom. The molecule has 92 valence electrons. The second-order valence-corrected chi connectivity index (χ2v) is 5.44. The topological polar surface area (TPSA) is 59.2 Å². The maximum absolute atomic E-state index is 11.9. The highest BCUT2D eigenvalue weighted by Gasteiger charge is 2.31. The number of anilines is 2. The zero-order valence-corrected chi connectivity index (χ0v) is 12.0. The lowest BCUT2D eigenvalue weighted by atomic mass is 10.1. The molecule has 1 unspecified atom stereocenters. The van der Waals surface area contributed by atoms with Crippen LogP contribution in [0.5, 0.6) is 0 Å². The number of nitrogen functional groups attached to an aromatic ring is 1. The Morgan fingerprint density at radius 1 is 1.71 bits per heavy atom. The molecule has 1 saturated heterocycles. The Kier molecular flexibility index (Phi) is 3.63. The van der Waals surface area contributed by atoms with E-state index in [0.717, 1.165) is 10.2 Å². The first-order valence-electron chi connectivity index (χ1n) is 5.36. The summed E-state index contributed by atoms with van der Waals surface area (Å²) in [5, 5.41) is 0. The third-order valence-corrected chi connectivity index (χ3v) is 4.20. The van der Waals surface area contributed by atoms with Crippen molar-refractivity contribution in [3.05, 3.63) is 16.2 Å². The fourth-order valence-corrected chi connectivity index (χ4v) is 2.49. The van der Waals surface area contributed by atoms with Crippen LogP contribution < -0.4 is 10.6 Å². The highest BCUT2D eigenvalue weighted by Crippen LogP contribution is 2.31. The number of halogens is 1. The second-order valence-electron chi connectivity index (χ2n) is 4.23. The molecule has 1 aliphatic heterocycles. The van der Waals surface area contributed by atoms with Gasteiger partial charge in [-0.3, -0.25) is 9.69 Å². The fourth-order valence-electron chi connectivity index (χ4n) is 1.91. The van der Waals surface area contributed by atoms with Crippen LogP contribution >= 0.6 is 28.6 Å². The first kappa shape index (κ1) is 12.7. The third-order valence-electron chi connectivity index (χ3n) is 2.88. The van der Waals surface area contributed by atoms with E-state index in [-0.39, 0.29) is 11.8 Å². The SMILES string of the molecule is Cc1nc(N2CC(CS)CC2=O)c(N)cc1Br. The Labute approximate surface area is 114 Å². The van der Waals surface area contributed by atoms with Crippen LogP contribution in [0.4, 0.5) is 11.5 Å². The highest BCUT2D eigenvalue weighted by atomic mass is 79.9. The number of nitrogens with zero attached hydrogens (tertiary/aromatic N) is 2. The average Bonchev–Trinajstić information content (AvgIpc) is 2.65. The van der Waals surface area contributed by atoms with Crippen molar-refractivity contribution >= 4 is 46.0 Å². The largest absolute Gasteiger partial charge is 0.396 e. The molecule has 0 spiro atoms. The molecule has 2 heterocycles. The van der Waals surface area contributed by atoms with Gasteiger partial charge in [-0.2, -0.15) is 12.6 Å². The van der Waals surface area contributed by atoms with E-state index >= 15 is 0 Å². The number of pyridine rings is 1. The number of hydrogen-bond donors (Lipinski definition) is 2. The van der Waals surface area contributed by atoms with Gasteiger partial charge in [0.1, 0.15) is 0 Å². The van der Waals surface area contributed by atoms with E-state index in [1.54, 1.807) is 11.0 Å². The predicted molar refractivity (Wildman–Crippen MR) is 75.4 cm³/mol. The smallest absolute Gasteiger partial charge is 0.228 e. The van der Waals surface area contributed by atoms with Gasteiger partial charge < -0.3 is 5.73 Å². The fraction of sp³-hybridized carbons (Fsp3) is 0.455. The van der Waals surface area contributed by atoms with E-state index < -0.39 is 0 Å². The van der Waals surface area contributed by atoms with Gasteiger partial charge in [0.15, 0.2) is 5.82 Å². The van der Waals surface area contributed by atoms with Crippen molar-refractivity contribution in [3.8, 4) is 0 Å². The minimum atomic E-state index is 0.0740.